The van der Waals surface area contributed by atoms with E-state index < -0.39 is 11.6 Å². The molecule has 1 unspecified atom stereocenters. The van der Waals surface area contributed by atoms with Gasteiger partial charge in [-0.15, -0.1) is 0 Å². The topological polar surface area (TPSA) is 29.9 Å². The maximum atomic E-state index is 14.0. The van der Waals surface area contributed by atoms with Crippen LogP contribution in [0.15, 0.2) is 24.4 Å². The lowest BCUT2D eigenvalue weighted by atomic mass is 9.94. The van der Waals surface area contributed by atoms with Crippen molar-refractivity contribution in [1.82, 2.24) is 15.1 Å². The Balaban J connectivity index is 1.80. The Hall–Kier alpha value is -1.75. The zero-order valence-corrected chi connectivity index (χ0v) is 13.6. The molecule has 1 heterocycles. The van der Waals surface area contributed by atoms with Crippen molar-refractivity contribution in [2.75, 3.05) is 0 Å². The lowest BCUT2D eigenvalue weighted by molar-refractivity contribution is 0.346. The largest absolute Gasteiger partial charge is 0.307 e. The average molecular weight is 319 g/mol. The van der Waals surface area contributed by atoms with Crippen molar-refractivity contribution in [2.45, 2.75) is 58.0 Å². The smallest absolute Gasteiger partial charge is 0.151 e. The van der Waals surface area contributed by atoms with Gasteiger partial charge in [-0.25, -0.2) is 13.5 Å². The molecule has 1 N–H and O–H groups in total. The van der Waals surface area contributed by atoms with Crippen molar-refractivity contribution >= 4 is 0 Å². The summed E-state index contributed by atoms with van der Waals surface area (Å²) >= 11 is 0. The number of rotatable bonds is 4. The summed E-state index contributed by atoms with van der Waals surface area (Å²) in [5.74, 6) is -1.18. The van der Waals surface area contributed by atoms with Crippen molar-refractivity contribution in [1.29, 1.82) is 0 Å². The lowest BCUT2D eigenvalue weighted by Gasteiger charge is -2.26. The molecule has 1 aliphatic carbocycles. The van der Waals surface area contributed by atoms with Crippen LogP contribution in [0, 0.1) is 18.6 Å². The highest BCUT2D eigenvalue weighted by atomic mass is 19.1. The molecular formula is C18H23F2N3. The van der Waals surface area contributed by atoms with Crippen molar-refractivity contribution < 1.29 is 8.78 Å². The van der Waals surface area contributed by atoms with E-state index in [1.54, 1.807) is 10.9 Å². The van der Waals surface area contributed by atoms with Crippen molar-refractivity contribution in [3.63, 3.8) is 0 Å². The fourth-order valence-corrected chi connectivity index (χ4v) is 3.46. The fraction of sp³-hybridized carbons (Fsp3) is 0.500. The molecule has 3 nitrogen and oxygen atoms in total. The third-order valence-electron chi connectivity index (χ3n) is 4.74. The molecule has 0 aliphatic heterocycles. The van der Waals surface area contributed by atoms with Crippen LogP contribution in [0.3, 0.4) is 0 Å². The monoisotopic (exact) mass is 319 g/mol. The normalized spacial score (nSPS) is 17.4. The second-order valence-electron chi connectivity index (χ2n) is 6.42. The van der Waals surface area contributed by atoms with Crippen molar-refractivity contribution in [3.05, 3.63) is 47.3 Å². The van der Waals surface area contributed by atoms with E-state index >= 15 is 0 Å². The molecule has 1 atom stereocenters. The maximum absolute atomic E-state index is 14.0. The highest BCUT2D eigenvalue weighted by Gasteiger charge is 2.20. The molecule has 0 radical (unpaired) electrons. The van der Waals surface area contributed by atoms with Crippen molar-refractivity contribution in [2.24, 2.45) is 0 Å². The van der Waals surface area contributed by atoms with Crippen LogP contribution in [0.25, 0.3) is 5.69 Å². The van der Waals surface area contributed by atoms with Gasteiger partial charge in [0.05, 0.1) is 6.20 Å². The van der Waals surface area contributed by atoms with Crippen LogP contribution in [-0.4, -0.2) is 15.8 Å². The highest BCUT2D eigenvalue weighted by molar-refractivity contribution is 5.37. The van der Waals surface area contributed by atoms with Gasteiger partial charge >= 0.3 is 0 Å². The van der Waals surface area contributed by atoms with Gasteiger partial charge < -0.3 is 5.32 Å². The number of hydrogen-bond acceptors (Lipinski definition) is 2. The van der Waals surface area contributed by atoms with Gasteiger partial charge in [-0.05, 0) is 38.8 Å². The Kier molecular flexibility index (Phi) is 4.76. The van der Waals surface area contributed by atoms with Gasteiger partial charge in [-0.1, -0.05) is 19.3 Å². The molecule has 2 aromatic rings. The van der Waals surface area contributed by atoms with Gasteiger partial charge in [0.15, 0.2) is 5.82 Å². The average Bonchev–Trinajstić information content (AvgIpc) is 2.90. The van der Waals surface area contributed by atoms with Crippen LogP contribution in [-0.2, 0) is 0 Å². The molecule has 1 fully saturated rings. The van der Waals surface area contributed by atoms with E-state index in [0.29, 0.717) is 6.04 Å². The Morgan fingerprint density at radius 3 is 2.65 bits per heavy atom. The Labute approximate surface area is 135 Å². The number of halogens is 2. The predicted octanol–water partition coefficient (Wildman–Crippen LogP) is 4.44. The number of hydrogen-bond donors (Lipinski definition) is 1. The first-order valence-electron chi connectivity index (χ1n) is 8.32. The van der Waals surface area contributed by atoms with Crippen LogP contribution < -0.4 is 5.32 Å². The molecule has 5 heteroatoms. The third-order valence-corrected chi connectivity index (χ3v) is 4.74. The van der Waals surface area contributed by atoms with E-state index in [4.69, 9.17) is 0 Å². The number of benzene rings is 1. The molecule has 124 valence electrons. The molecular weight excluding hydrogens is 296 g/mol. The number of nitrogens with zero attached hydrogens (tertiary/aromatic N) is 2. The van der Waals surface area contributed by atoms with Gasteiger partial charge in [0.25, 0.3) is 0 Å². The molecule has 0 saturated heterocycles. The standard InChI is InChI=1S/C18H23F2N3/c1-12(22-15-6-4-3-5-7-15)16-11-21-23(13(16)2)18-9-8-14(19)10-17(18)20/h8-12,15,22H,3-7H2,1-2H3. The van der Waals surface area contributed by atoms with Crippen LogP contribution in [0.1, 0.15) is 56.3 Å². The van der Waals surface area contributed by atoms with Gasteiger partial charge in [0.1, 0.15) is 11.5 Å². The summed E-state index contributed by atoms with van der Waals surface area (Å²) in [5, 5.41) is 7.96. The number of nitrogens with one attached hydrogen (secondary N) is 1. The minimum absolute atomic E-state index is 0.162. The molecule has 1 saturated carbocycles. The quantitative estimate of drug-likeness (QED) is 0.903. The maximum Gasteiger partial charge on any atom is 0.151 e. The zero-order valence-electron chi connectivity index (χ0n) is 13.6. The van der Waals surface area contributed by atoms with E-state index in [-0.39, 0.29) is 11.7 Å². The minimum Gasteiger partial charge on any atom is -0.307 e. The molecule has 1 aliphatic rings. The molecule has 0 amide bonds. The van der Waals surface area contributed by atoms with E-state index in [0.717, 1.165) is 17.3 Å². The summed E-state index contributed by atoms with van der Waals surface area (Å²) in [7, 11) is 0. The van der Waals surface area contributed by atoms with Gasteiger partial charge in [0.2, 0.25) is 0 Å². The highest BCUT2D eigenvalue weighted by Crippen LogP contribution is 2.25. The molecule has 0 spiro atoms. The summed E-state index contributed by atoms with van der Waals surface area (Å²) < 4.78 is 28.6. The van der Waals surface area contributed by atoms with Crippen LogP contribution in [0.2, 0.25) is 0 Å². The second-order valence-corrected chi connectivity index (χ2v) is 6.42. The van der Waals surface area contributed by atoms with Crippen LogP contribution >= 0.6 is 0 Å². The minimum atomic E-state index is -0.601. The Bertz CT molecular complexity index is 675. The first kappa shape index (κ1) is 16.1. The Morgan fingerprint density at radius 1 is 1.22 bits per heavy atom. The summed E-state index contributed by atoms with van der Waals surface area (Å²) in [4.78, 5) is 0. The fourth-order valence-electron chi connectivity index (χ4n) is 3.46. The second kappa shape index (κ2) is 6.79. The predicted molar refractivity (Wildman–Crippen MR) is 86.6 cm³/mol. The summed E-state index contributed by atoms with van der Waals surface area (Å²) in [6.07, 6.45) is 8.09. The molecule has 1 aromatic carbocycles. The molecule has 3 rings (SSSR count). The van der Waals surface area contributed by atoms with E-state index in [9.17, 15) is 8.78 Å². The summed E-state index contributed by atoms with van der Waals surface area (Å²) in [5.41, 5.74) is 2.21. The third kappa shape index (κ3) is 3.44. The Morgan fingerprint density at radius 2 is 1.96 bits per heavy atom. The summed E-state index contributed by atoms with van der Waals surface area (Å²) in [6.45, 7) is 4.04. The van der Waals surface area contributed by atoms with Crippen LogP contribution in [0.4, 0.5) is 8.78 Å². The first-order valence-corrected chi connectivity index (χ1v) is 8.32. The van der Waals surface area contributed by atoms with E-state index in [1.165, 1.54) is 44.2 Å². The molecule has 23 heavy (non-hydrogen) atoms. The van der Waals surface area contributed by atoms with Gasteiger partial charge in [-0.3, -0.25) is 0 Å². The van der Waals surface area contributed by atoms with Crippen molar-refractivity contribution in [3.8, 4) is 5.69 Å². The molecule has 1 aromatic heterocycles. The zero-order chi connectivity index (χ0) is 16.4. The lowest BCUT2D eigenvalue weighted by Crippen LogP contribution is -2.33. The summed E-state index contributed by atoms with van der Waals surface area (Å²) in [6, 6.07) is 4.27. The SMILES string of the molecule is Cc1c(C(C)NC2CCCCC2)cnn1-c1ccc(F)cc1F. The van der Waals surface area contributed by atoms with Gasteiger partial charge in [0, 0.05) is 29.4 Å². The van der Waals surface area contributed by atoms with E-state index in [1.807, 2.05) is 6.92 Å². The number of aromatic nitrogens is 2. The molecule has 0 bridgehead atoms. The first-order chi connectivity index (χ1) is 11.1. The van der Waals surface area contributed by atoms with Gasteiger partial charge in [-0.2, -0.15) is 5.10 Å². The van der Waals surface area contributed by atoms with E-state index in [2.05, 4.69) is 17.3 Å². The van der Waals surface area contributed by atoms with Crippen LogP contribution in [0.5, 0.6) is 0 Å².